The van der Waals surface area contributed by atoms with E-state index in [1.165, 1.54) is 13.2 Å². The number of hydrogen-bond donors (Lipinski definition) is 1. The van der Waals surface area contributed by atoms with E-state index in [0.717, 1.165) is 5.56 Å². The minimum atomic E-state index is -4.62. The van der Waals surface area contributed by atoms with E-state index in [0.29, 0.717) is 5.75 Å². The molecular formula is C11H13O6S-. The lowest BCUT2D eigenvalue weighted by Crippen LogP contribution is -2.04. The lowest BCUT2D eigenvalue weighted by molar-refractivity contribution is 0.266. The van der Waals surface area contributed by atoms with Crippen molar-refractivity contribution in [2.45, 2.75) is 6.42 Å². The van der Waals surface area contributed by atoms with Gasteiger partial charge >= 0.3 is 0 Å². The van der Waals surface area contributed by atoms with E-state index in [1.807, 2.05) is 0 Å². The van der Waals surface area contributed by atoms with Gasteiger partial charge in [-0.3, -0.25) is 4.18 Å². The van der Waals surface area contributed by atoms with Gasteiger partial charge in [-0.2, -0.15) is 0 Å². The molecule has 0 fully saturated rings. The maximum Gasteiger partial charge on any atom is 0.217 e. The van der Waals surface area contributed by atoms with Crippen LogP contribution in [0.4, 0.5) is 0 Å². The van der Waals surface area contributed by atoms with Crippen molar-refractivity contribution in [1.29, 1.82) is 0 Å². The fourth-order valence-corrected chi connectivity index (χ4v) is 1.54. The SMILES string of the molecule is COc1cc(C=CCCOS(=O)(=O)[O-])ccc1O. The van der Waals surface area contributed by atoms with Gasteiger partial charge in [0.05, 0.1) is 13.7 Å². The van der Waals surface area contributed by atoms with Gasteiger partial charge in [-0.25, -0.2) is 8.42 Å². The van der Waals surface area contributed by atoms with Crippen molar-refractivity contribution in [3.05, 3.63) is 29.8 Å². The fraction of sp³-hybridized carbons (Fsp3) is 0.273. The molecule has 0 bridgehead atoms. The average molecular weight is 273 g/mol. The zero-order chi connectivity index (χ0) is 13.6. The highest BCUT2D eigenvalue weighted by Crippen LogP contribution is 2.26. The van der Waals surface area contributed by atoms with Crippen molar-refractivity contribution < 1.29 is 27.0 Å². The van der Waals surface area contributed by atoms with Crippen molar-refractivity contribution in [2.75, 3.05) is 13.7 Å². The zero-order valence-corrected chi connectivity index (χ0v) is 10.5. The van der Waals surface area contributed by atoms with Crippen LogP contribution in [-0.2, 0) is 14.6 Å². The average Bonchev–Trinajstić information content (AvgIpc) is 2.29. The van der Waals surface area contributed by atoms with Crippen LogP contribution in [0, 0.1) is 0 Å². The van der Waals surface area contributed by atoms with E-state index in [1.54, 1.807) is 24.3 Å². The zero-order valence-electron chi connectivity index (χ0n) is 9.70. The molecule has 0 atom stereocenters. The second kappa shape index (κ2) is 6.39. The molecule has 0 radical (unpaired) electrons. The highest BCUT2D eigenvalue weighted by atomic mass is 32.3. The fourth-order valence-electron chi connectivity index (χ4n) is 1.24. The molecule has 0 aliphatic heterocycles. The van der Waals surface area contributed by atoms with Gasteiger partial charge in [-0.15, -0.1) is 0 Å². The molecule has 1 rings (SSSR count). The Labute approximate surface area is 105 Å². The molecule has 0 saturated heterocycles. The molecule has 1 aromatic rings. The van der Waals surface area contributed by atoms with Gasteiger partial charge in [0.1, 0.15) is 0 Å². The van der Waals surface area contributed by atoms with Gasteiger partial charge in [0.2, 0.25) is 10.4 Å². The Hall–Kier alpha value is -1.57. The second-order valence-electron chi connectivity index (χ2n) is 3.35. The molecule has 100 valence electrons. The van der Waals surface area contributed by atoms with Crippen LogP contribution in [0.1, 0.15) is 12.0 Å². The number of phenolic OH excluding ortho intramolecular Hbond substituents is 1. The Kier molecular flexibility index (Phi) is 5.14. The number of ether oxygens (including phenoxy) is 1. The van der Waals surface area contributed by atoms with Crippen molar-refractivity contribution in [2.24, 2.45) is 0 Å². The molecule has 7 heteroatoms. The van der Waals surface area contributed by atoms with Crippen LogP contribution in [0.5, 0.6) is 11.5 Å². The summed E-state index contributed by atoms with van der Waals surface area (Å²) in [6.45, 7) is -0.197. The molecule has 0 saturated carbocycles. The van der Waals surface area contributed by atoms with E-state index in [2.05, 4.69) is 4.18 Å². The summed E-state index contributed by atoms with van der Waals surface area (Å²) in [5.41, 5.74) is 0.773. The minimum Gasteiger partial charge on any atom is -0.726 e. The first kappa shape index (κ1) is 14.5. The Morgan fingerprint density at radius 1 is 1.44 bits per heavy atom. The molecule has 1 aromatic carbocycles. The predicted octanol–water partition coefficient (Wildman–Crippen LogP) is 1.28. The third-order valence-corrected chi connectivity index (χ3v) is 2.48. The van der Waals surface area contributed by atoms with Gasteiger partial charge in [-0.1, -0.05) is 18.2 Å². The molecule has 0 aliphatic rings. The highest BCUT2D eigenvalue weighted by Gasteiger charge is 2.00. The largest absolute Gasteiger partial charge is 0.726 e. The number of phenols is 1. The third kappa shape index (κ3) is 5.17. The molecular weight excluding hydrogens is 260 g/mol. The molecule has 0 amide bonds. The Bertz CT molecular complexity index is 520. The van der Waals surface area contributed by atoms with Crippen LogP contribution in [-0.4, -0.2) is 31.8 Å². The van der Waals surface area contributed by atoms with Crippen LogP contribution in [0.25, 0.3) is 6.08 Å². The quantitative estimate of drug-likeness (QED) is 0.476. The number of aromatic hydroxyl groups is 1. The maximum absolute atomic E-state index is 10.1. The van der Waals surface area contributed by atoms with E-state index in [4.69, 9.17) is 4.74 Å². The molecule has 0 aliphatic carbocycles. The number of benzene rings is 1. The third-order valence-electron chi connectivity index (χ3n) is 2.03. The Morgan fingerprint density at radius 2 is 2.17 bits per heavy atom. The molecule has 0 heterocycles. The van der Waals surface area contributed by atoms with Crippen molar-refractivity contribution >= 4 is 16.5 Å². The molecule has 6 nitrogen and oxygen atoms in total. The standard InChI is InChI=1S/C11H14O6S/c1-16-11-8-9(5-6-10(11)12)4-2-3-7-17-18(13,14)15/h2,4-6,8,12H,3,7H2,1H3,(H,13,14,15)/p-1. The molecule has 1 N–H and O–H groups in total. The second-order valence-corrected chi connectivity index (χ2v) is 4.40. The van der Waals surface area contributed by atoms with Crippen molar-refractivity contribution in [3.8, 4) is 11.5 Å². The van der Waals surface area contributed by atoms with Crippen LogP contribution in [0.3, 0.4) is 0 Å². The number of methoxy groups -OCH3 is 1. The summed E-state index contributed by atoms with van der Waals surface area (Å²) < 4.78 is 39.4. The van der Waals surface area contributed by atoms with Crippen molar-refractivity contribution in [3.63, 3.8) is 0 Å². The topological polar surface area (TPSA) is 95.9 Å². The first-order valence-electron chi connectivity index (χ1n) is 5.06. The van der Waals surface area contributed by atoms with Crippen LogP contribution < -0.4 is 4.74 Å². The van der Waals surface area contributed by atoms with Gasteiger partial charge in [0.15, 0.2) is 11.5 Å². The highest BCUT2D eigenvalue weighted by molar-refractivity contribution is 7.80. The number of hydrogen-bond acceptors (Lipinski definition) is 6. The van der Waals surface area contributed by atoms with E-state index in [-0.39, 0.29) is 18.8 Å². The molecule has 0 spiro atoms. The lowest BCUT2D eigenvalue weighted by atomic mass is 10.2. The van der Waals surface area contributed by atoms with Gasteiger partial charge < -0.3 is 14.4 Å². The lowest BCUT2D eigenvalue weighted by Gasteiger charge is -2.05. The summed E-state index contributed by atoms with van der Waals surface area (Å²) in [6, 6.07) is 4.77. The summed E-state index contributed by atoms with van der Waals surface area (Å²) in [4.78, 5) is 0. The maximum atomic E-state index is 10.1. The smallest absolute Gasteiger partial charge is 0.217 e. The summed E-state index contributed by atoms with van der Waals surface area (Å²) >= 11 is 0. The molecule has 18 heavy (non-hydrogen) atoms. The first-order chi connectivity index (χ1) is 8.42. The molecule has 0 aromatic heterocycles. The summed E-state index contributed by atoms with van der Waals surface area (Å²) in [5.74, 6) is 0.381. The molecule has 0 unspecified atom stereocenters. The monoisotopic (exact) mass is 273 g/mol. The van der Waals surface area contributed by atoms with Gasteiger partial charge in [-0.05, 0) is 24.1 Å². The van der Waals surface area contributed by atoms with Crippen molar-refractivity contribution in [1.82, 2.24) is 0 Å². The Balaban J connectivity index is 2.52. The Morgan fingerprint density at radius 3 is 2.78 bits per heavy atom. The van der Waals surface area contributed by atoms with Gasteiger partial charge in [0.25, 0.3) is 0 Å². The minimum absolute atomic E-state index is 0.0374. The van der Waals surface area contributed by atoms with E-state index in [9.17, 15) is 18.1 Å². The summed E-state index contributed by atoms with van der Waals surface area (Å²) in [7, 11) is -3.18. The predicted molar refractivity (Wildman–Crippen MR) is 64.0 cm³/mol. The van der Waals surface area contributed by atoms with E-state index >= 15 is 0 Å². The van der Waals surface area contributed by atoms with Crippen LogP contribution in [0.2, 0.25) is 0 Å². The number of rotatable bonds is 6. The van der Waals surface area contributed by atoms with Crippen LogP contribution >= 0.6 is 0 Å². The van der Waals surface area contributed by atoms with Crippen LogP contribution in [0.15, 0.2) is 24.3 Å². The normalized spacial score (nSPS) is 11.9. The van der Waals surface area contributed by atoms with Gasteiger partial charge in [0, 0.05) is 0 Å². The first-order valence-corrected chi connectivity index (χ1v) is 6.39. The van der Waals surface area contributed by atoms with E-state index < -0.39 is 10.4 Å². The summed E-state index contributed by atoms with van der Waals surface area (Å²) in [5, 5.41) is 9.36. The summed E-state index contributed by atoms with van der Waals surface area (Å²) in [6.07, 6.45) is 3.63.